The number of nitrogen functional groups attached to an aromatic ring is 1. The van der Waals surface area contributed by atoms with E-state index in [-0.39, 0.29) is 11.5 Å². The first-order valence-corrected chi connectivity index (χ1v) is 5.82. The topological polar surface area (TPSA) is 77.1 Å². The number of anilines is 2. The van der Waals surface area contributed by atoms with Gasteiger partial charge in [-0.25, -0.2) is 0 Å². The van der Waals surface area contributed by atoms with Crippen LogP contribution in [0.5, 0.6) is 0 Å². The molecule has 0 spiro atoms. The van der Waals surface area contributed by atoms with Crippen molar-refractivity contribution in [1.29, 1.82) is 0 Å². The van der Waals surface area contributed by atoms with Crippen molar-refractivity contribution in [3.63, 3.8) is 0 Å². The van der Waals surface area contributed by atoms with Gasteiger partial charge in [0.1, 0.15) is 0 Å². The van der Waals surface area contributed by atoms with Crippen molar-refractivity contribution < 1.29 is 4.79 Å². The second-order valence-electron chi connectivity index (χ2n) is 4.34. The molecule has 3 N–H and O–H groups in total. The van der Waals surface area contributed by atoms with Gasteiger partial charge in [-0.3, -0.25) is 9.59 Å². The highest BCUT2D eigenvalue weighted by molar-refractivity contribution is 6.05. The monoisotopic (exact) mass is 257 g/mol. The smallest absolute Gasteiger partial charge is 0.256 e. The maximum absolute atomic E-state index is 12.1. The minimum absolute atomic E-state index is 0.127. The molecule has 0 radical (unpaired) electrons. The standard InChI is InChI=1S/C14H15N3O2/c1-9-11(4-3-5-12(9)15)14(19)16-10-6-7-13(18)17(2)8-10/h3-8H,15H2,1-2H3,(H,16,19). The third-order valence-corrected chi connectivity index (χ3v) is 2.96. The number of pyridine rings is 1. The number of carbonyl (C=O) groups is 1. The molecule has 2 aromatic rings. The molecule has 1 amide bonds. The zero-order valence-corrected chi connectivity index (χ0v) is 10.8. The minimum atomic E-state index is -0.247. The fourth-order valence-electron chi connectivity index (χ4n) is 1.77. The molecule has 0 aliphatic carbocycles. The molecule has 1 heterocycles. The second kappa shape index (κ2) is 4.97. The molecule has 0 aliphatic heterocycles. The molecule has 0 unspecified atom stereocenters. The van der Waals surface area contributed by atoms with Gasteiger partial charge >= 0.3 is 0 Å². The molecule has 1 aromatic heterocycles. The number of nitrogens with two attached hydrogens (primary N) is 1. The molecule has 0 bridgehead atoms. The Morgan fingerprint density at radius 1 is 1.26 bits per heavy atom. The Hall–Kier alpha value is -2.56. The number of benzene rings is 1. The van der Waals surface area contributed by atoms with E-state index in [9.17, 15) is 9.59 Å². The Bertz CT molecular complexity index is 689. The van der Waals surface area contributed by atoms with Gasteiger partial charge in [0.25, 0.3) is 5.91 Å². The second-order valence-corrected chi connectivity index (χ2v) is 4.34. The van der Waals surface area contributed by atoms with Gasteiger partial charge in [-0.15, -0.1) is 0 Å². The Kier molecular flexibility index (Phi) is 3.37. The molecule has 0 aliphatic rings. The lowest BCUT2D eigenvalue weighted by Crippen LogP contribution is -2.18. The van der Waals surface area contributed by atoms with Crippen molar-refractivity contribution in [2.45, 2.75) is 6.92 Å². The number of carbonyl (C=O) groups excluding carboxylic acids is 1. The molecule has 5 heteroatoms. The van der Waals surface area contributed by atoms with E-state index in [4.69, 9.17) is 5.73 Å². The summed E-state index contributed by atoms with van der Waals surface area (Å²) in [6.07, 6.45) is 1.57. The van der Waals surface area contributed by atoms with Crippen molar-refractivity contribution in [2.24, 2.45) is 7.05 Å². The van der Waals surface area contributed by atoms with E-state index < -0.39 is 0 Å². The third kappa shape index (κ3) is 2.65. The van der Waals surface area contributed by atoms with E-state index in [1.54, 1.807) is 44.4 Å². The largest absolute Gasteiger partial charge is 0.398 e. The Balaban J connectivity index is 2.28. The predicted octanol–water partition coefficient (Wildman–Crippen LogP) is 1.53. The van der Waals surface area contributed by atoms with Gasteiger partial charge < -0.3 is 15.6 Å². The number of rotatable bonds is 2. The summed E-state index contributed by atoms with van der Waals surface area (Å²) in [5, 5.41) is 2.74. The minimum Gasteiger partial charge on any atom is -0.398 e. The number of hydrogen-bond acceptors (Lipinski definition) is 3. The summed E-state index contributed by atoms with van der Waals surface area (Å²) in [5.41, 5.74) is 8.05. The lowest BCUT2D eigenvalue weighted by Gasteiger charge is -2.09. The Morgan fingerprint density at radius 2 is 2.00 bits per heavy atom. The number of aryl methyl sites for hydroxylation is 1. The lowest BCUT2D eigenvalue weighted by molar-refractivity contribution is 0.102. The summed E-state index contributed by atoms with van der Waals surface area (Å²) in [6, 6.07) is 8.17. The quantitative estimate of drug-likeness (QED) is 0.801. The van der Waals surface area contributed by atoms with Gasteiger partial charge in [0, 0.05) is 30.6 Å². The normalized spacial score (nSPS) is 10.2. The van der Waals surface area contributed by atoms with Crippen molar-refractivity contribution >= 4 is 17.3 Å². The molecule has 19 heavy (non-hydrogen) atoms. The van der Waals surface area contributed by atoms with Crippen LogP contribution >= 0.6 is 0 Å². The van der Waals surface area contributed by atoms with Gasteiger partial charge in [-0.2, -0.15) is 0 Å². The van der Waals surface area contributed by atoms with E-state index >= 15 is 0 Å². The van der Waals surface area contributed by atoms with E-state index in [2.05, 4.69) is 5.32 Å². The zero-order chi connectivity index (χ0) is 14.0. The van der Waals surface area contributed by atoms with Crippen LogP contribution in [0.25, 0.3) is 0 Å². The summed E-state index contributed by atoms with van der Waals surface area (Å²) in [4.78, 5) is 23.4. The van der Waals surface area contributed by atoms with Crippen molar-refractivity contribution in [1.82, 2.24) is 4.57 Å². The molecule has 2 rings (SSSR count). The lowest BCUT2D eigenvalue weighted by atomic mass is 10.1. The summed E-state index contributed by atoms with van der Waals surface area (Å²) in [5.74, 6) is -0.247. The maximum Gasteiger partial charge on any atom is 0.256 e. The van der Waals surface area contributed by atoms with Gasteiger partial charge in [0.2, 0.25) is 5.56 Å². The van der Waals surface area contributed by atoms with Crippen LogP contribution in [0, 0.1) is 6.92 Å². The average Bonchev–Trinajstić information content (AvgIpc) is 2.37. The molecule has 1 aromatic carbocycles. The molecule has 0 fully saturated rings. The van der Waals surface area contributed by atoms with E-state index in [1.807, 2.05) is 0 Å². The van der Waals surface area contributed by atoms with Crippen LogP contribution in [0.1, 0.15) is 15.9 Å². The molecule has 0 saturated carbocycles. The summed E-state index contributed by atoms with van der Waals surface area (Å²) in [7, 11) is 1.63. The van der Waals surface area contributed by atoms with Gasteiger partial charge in [-0.05, 0) is 30.7 Å². The van der Waals surface area contributed by atoms with Crippen molar-refractivity contribution in [3.05, 3.63) is 58.0 Å². The van der Waals surface area contributed by atoms with E-state index in [0.29, 0.717) is 16.9 Å². The fourth-order valence-corrected chi connectivity index (χ4v) is 1.77. The highest BCUT2D eigenvalue weighted by atomic mass is 16.1. The number of aromatic nitrogens is 1. The summed E-state index contributed by atoms with van der Waals surface area (Å²) >= 11 is 0. The number of amides is 1. The van der Waals surface area contributed by atoms with Crippen LogP contribution < -0.4 is 16.6 Å². The number of hydrogen-bond donors (Lipinski definition) is 2. The maximum atomic E-state index is 12.1. The van der Waals surface area contributed by atoms with Crippen LogP contribution in [0.15, 0.2) is 41.3 Å². The summed E-state index contributed by atoms with van der Waals surface area (Å²) < 4.78 is 1.40. The van der Waals surface area contributed by atoms with Gasteiger partial charge in [0.15, 0.2) is 0 Å². The first kappa shape index (κ1) is 12.9. The molecular weight excluding hydrogens is 242 g/mol. The molecule has 0 saturated heterocycles. The Labute approximate surface area is 110 Å². The van der Waals surface area contributed by atoms with Crippen molar-refractivity contribution in [2.75, 3.05) is 11.1 Å². The van der Waals surface area contributed by atoms with E-state index in [0.717, 1.165) is 5.56 Å². The van der Waals surface area contributed by atoms with Crippen LogP contribution in [0.3, 0.4) is 0 Å². The molecule has 0 atom stereocenters. The van der Waals surface area contributed by atoms with E-state index in [1.165, 1.54) is 10.6 Å². The first-order valence-electron chi connectivity index (χ1n) is 5.82. The van der Waals surface area contributed by atoms with Gasteiger partial charge in [-0.1, -0.05) is 6.07 Å². The highest BCUT2D eigenvalue weighted by Gasteiger charge is 2.10. The zero-order valence-electron chi connectivity index (χ0n) is 10.8. The molecule has 5 nitrogen and oxygen atoms in total. The third-order valence-electron chi connectivity index (χ3n) is 2.96. The van der Waals surface area contributed by atoms with Crippen LogP contribution in [0.4, 0.5) is 11.4 Å². The number of nitrogens with one attached hydrogen (secondary N) is 1. The molecular formula is C14H15N3O2. The first-order chi connectivity index (χ1) is 8.99. The average molecular weight is 257 g/mol. The molecule has 98 valence electrons. The van der Waals surface area contributed by atoms with Crippen LogP contribution in [-0.2, 0) is 7.05 Å². The van der Waals surface area contributed by atoms with Crippen LogP contribution in [0.2, 0.25) is 0 Å². The Morgan fingerprint density at radius 3 is 2.68 bits per heavy atom. The van der Waals surface area contributed by atoms with Crippen molar-refractivity contribution in [3.8, 4) is 0 Å². The SMILES string of the molecule is Cc1c(N)cccc1C(=O)Nc1ccc(=O)n(C)c1. The predicted molar refractivity (Wildman–Crippen MR) is 75.2 cm³/mol. The summed E-state index contributed by atoms with van der Waals surface area (Å²) in [6.45, 7) is 1.80. The van der Waals surface area contributed by atoms with Crippen LogP contribution in [-0.4, -0.2) is 10.5 Å². The van der Waals surface area contributed by atoms with Gasteiger partial charge in [0.05, 0.1) is 5.69 Å². The highest BCUT2D eigenvalue weighted by Crippen LogP contribution is 2.17. The fraction of sp³-hybridized carbons (Fsp3) is 0.143. The number of nitrogens with zero attached hydrogens (tertiary/aromatic N) is 1.